The van der Waals surface area contributed by atoms with Crippen LogP contribution >= 0.6 is 15.9 Å². The minimum Gasteiger partial charge on any atom is -0.483 e. The van der Waals surface area contributed by atoms with E-state index in [0.29, 0.717) is 27.8 Å². The molecule has 0 fully saturated rings. The number of aromatic nitrogens is 2. The third-order valence-corrected chi connectivity index (χ3v) is 5.80. The van der Waals surface area contributed by atoms with Gasteiger partial charge in [0.2, 0.25) is 5.82 Å². The maximum absolute atomic E-state index is 13.4. The molecule has 5 aromatic rings. The average Bonchev–Trinajstić information content (AvgIpc) is 3.30. The van der Waals surface area contributed by atoms with Crippen LogP contribution in [0, 0.1) is 10.1 Å². The number of hydrogen-bond acceptors (Lipinski definition) is 7. The summed E-state index contributed by atoms with van der Waals surface area (Å²) in [6.45, 7) is 3.68. The summed E-state index contributed by atoms with van der Waals surface area (Å²) in [6.07, 6.45) is 2.85. The van der Waals surface area contributed by atoms with Crippen molar-refractivity contribution in [3.8, 4) is 17.3 Å². The van der Waals surface area contributed by atoms with Crippen molar-refractivity contribution in [3.63, 3.8) is 0 Å². The number of halogens is 1. The van der Waals surface area contributed by atoms with E-state index in [1.54, 1.807) is 36.4 Å². The fourth-order valence-corrected chi connectivity index (χ4v) is 4.05. The summed E-state index contributed by atoms with van der Waals surface area (Å²) in [4.78, 5) is 29.0. The van der Waals surface area contributed by atoms with Crippen LogP contribution in [0.3, 0.4) is 0 Å². The van der Waals surface area contributed by atoms with Gasteiger partial charge in [0, 0.05) is 21.5 Å². The highest BCUT2D eigenvalue weighted by Gasteiger charge is 2.18. The van der Waals surface area contributed by atoms with Gasteiger partial charge in [0.25, 0.3) is 5.56 Å². The van der Waals surface area contributed by atoms with Crippen LogP contribution in [-0.4, -0.2) is 27.4 Å². The zero-order chi connectivity index (χ0) is 25.2. The van der Waals surface area contributed by atoms with Gasteiger partial charge in [0.1, 0.15) is 12.2 Å². The predicted molar refractivity (Wildman–Crippen MR) is 141 cm³/mol. The Balaban J connectivity index is 1.65. The van der Waals surface area contributed by atoms with Gasteiger partial charge < -0.3 is 9.15 Å². The standard InChI is InChI=1S/C26H17BrN4O5/c1-2-11-35-23-9-7-16(12-21(23)31(33)34)15-28-30-25(29-20-6-4-3-5-19(20)26(30)32)24-14-17-13-18(27)8-10-22(17)36-24/h2-10,12-15H,1,11H2. The van der Waals surface area contributed by atoms with Crippen LogP contribution in [-0.2, 0) is 0 Å². The topological polar surface area (TPSA) is 113 Å². The van der Waals surface area contributed by atoms with E-state index in [1.807, 2.05) is 18.2 Å². The summed E-state index contributed by atoms with van der Waals surface area (Å²) < 4.78 is 13.3. The number of hydrogen-bond donors (Lipinski definition) is 0. The number of nitrogens with zero attached hydrogens (tertiary/aromatic N) is 4. The van der Waals surface area contributed by atoms with Crippen LogP contribution in [0.1, 0.15) is 5.56 Å². The number of benzene rings is 3. The fraction of sp³-hybridized carbons (Fsp3) is 0.0385. The Morgan fingerprint density at radius 1 is 1.17 bits per heavy atom. The number of nitro groups is 1. The quantitative estimate of drug-likeness (QED) is 0.109. The number of para-hydroxylation sites is 1. The molecule has 0 amide bonds. The van der Waals surface area contributed by atoms with Gasteiger partial charge >= 0.3 is 5.69 Å². The first-order valence-electron chi connectivity index (χ1n) is 10.7. The SMILES string of the molecule is C=CCOc1ccc(C=Nn2c(-c3cc4cc(Br)ccc4o3)nc3ccccc3c2=O)cc1[N+](=O)[O-]. The fourth-order valence-electron chi connectivity index (χ4n) is 3.67. The van der Waals surface area contributed by atoms with Crippen molar-refractivity contribution in [3.05, 3.63) is 110 Å². The molecule has 0 aliphatic rings. The number of nitro benzene ring substituents is 1. The van der Waals surface area contributed by atoms with Crippen molar-refractivity contribution in [2.24, 2.45) is 5.10 Å². The van der Waals surface area contributed by atoms with Crippen molar-refractivity contribution in [2.45, 2.75) is 0 Å². The third kappa shape index (κ3) is 4.41. The number of fused-ring (bicyclic) bond motifs is 2. The van der Waals surface area contributed by atoms with Crippen LogP contribution in [0.25, 0.3) is 33.5 Å². The van der Waals surface area contributed by atoms with Gasteiger partial charge in [-0.1, -0.05) is 40.7 Å². The highest BCUT2D eigenvalue weighted by Crippen LogP contribution is 2.30. The number of furan rings is 1. The summed E-state index contributed by atoms with van der Waals surface area (Å²) in [6, 6.07) is 18.7. The molecule has 0 radical (unpaired) electrons. The molecule has 36 heavy (non-hydrogen) atoms. The van der Waals surface area contributed by atoms with Crippen LogP contribution in [0.2, 0.25) is 0 Å². The Morgan fingerprint density at radius 3 is 2.81 bits per heavy atom. The monoisotopic (exact) mass is 544 g/mol. The summed E-state index contributed by atoms with van der Waals surface area (Å²) >= 11 is 3.44. The second-order valence-corrected chi connectivity index (χ2v) is 8.61. The van der Waals surface area contributed by atoms with E-state index in [-0.39, 0.29) is 23.9 Å². The number of ether oxygens (including phenoxy) is 1. The molecule has 0 spiro atoms. The first-order chi connectivity index (χ1) is 17.4. The lowest BCUT2D eigenvalue weighted by Crippen LogP contribution is -2.20. The Hall–Kier alpha value is -4.57. The molecule has 0 aliphatic heterocycles. The van der Waals surface area contributed by atoms with Gasteiger partial charge in [-0.15, -0.1) is 0 Å². The van der Waals surface area contributed by atoms with Gasteiger partial charge in [-0.3, -0.25) is 14.9 Å². The van der Waals surface area contributed by atoms with Gasteiger partial charge in [-0.2, -0.15) is 9.78 Å². The average molecular weight is 545 g/mol. The molecular weight excluding hydrogens is 528 g/mol. The van der Waals surface area contributed by atoms with Crippen molar-refractivity contribution in [2.75, 3.05) is 6.61 Å². The second-order valence-electron chi connectivity index (χ2n) is 7.69. The molecule has 9 nitrogen and oxygen atoms in total. The Kier molecular flexibility index (Phi) is 6.17. The van der Waals surface area contributed by atoms with Crippen molar-refractivity contribution in [1.82, 2.24) is 9.66 Å². The molecule has 0 bridgehead atoms. The largest absolute Gasteiger partial charge is 0.483 e. The van der Waals surface area contributed by atoms with Crippen LogP contribution < -0.4 is 10.3 Å². The molecule has 5 rings (SSSR count). The van der Waals surface area contributed by atoms with E-state index >= 15 is 0 Å². The normalized spacial score (nSPS) is 11.4. The molecule has 0 saturated carbocycles. The van der Waals surface area contributed by atoms with Gasteiger partial charge in [0.05, 0.1) is 22.0 Å². The Bertz CT molecular complexity index is 1740. The molecular formula is C26H17BrN4O5. The molecule has 0 aliphatic carbocycles. The molecule has 0 N–H and O–H groups in total. The molecule has 178 valence electrons. The van der Waals surface area contributed by atoms with E-state index in [4.69, 9.17) is 9.15 Å². The smallest absolute Gasteiger partial charge is 0.311 e. The molecule has 0 saturated heterocycles. The zero-order valence-corrected chi connectivity index (χ0v) is 20.2. The van der Waals surface area contributed by atoms with Crippen LogP contribution in [0.15, 0.2) is 98.2 Å². The highest BCUT2D eigenvalue weighted by atomic mass is 79.9. The minimum absolute atomic E-state index is 0.107. The Morgan fingerprint density at radius 2 is 2.00 bits per heavy atom. The summed E-state index contributed by atoms with van der Waals surface area (Å²) in [5, 5.41) is 17.1. The van der Waals surface area contributed by atoms with Crippen LogP contribution in [0.5, 0.6) is 5.75 Å². The first-order valence-corrected chi connectivity index (χ1v) is 11.5. The maximum Gasteiger partial charge on any atom is 0.311 e. The highest BCUT2D eigenvalue weighted by molar-refractivity contribution is 9.10. The molecule has 3 aromatic carbocycles. The van der Waals surface area contributed by atoms with Crippen molar-refractivity contribution >= 4 is 49.7 Å². The van der Waals surface area contributed by atoms with Crippen molar-refractivity contribution in [1.29, 1.82) is 0 Å². The van der Waals surface area contributed by atoms with E-state index in [0.717, 1.165) is 14.5 Å². The molecule has 2 aromatic heterocycles. The van der Waals surface area contributed by atoms with E-state index in [9.17, 15) is 14.9 Å². The number of rotatable bonds is 7. The second kappa shape index (κ2) is 9.59. The third-order valence-electron chi connectivity index (χ3n) is 5.31. The minimum atomic E-state index is -0.544. The van der Waals surface area contributed by atoms with Gasteiger partial charge in [0.15, 0.2) is 11.5 Å². The molecule has 2 heterocycles. The lowest BCUT2D eigenvalue weighted by molar-refractivity contribution is -0.385. The van der Waals surface area contributed by atoms with Gasteiger partial charge in [-0.05, 0) is 48.5 Å². The lowest BCUT2D eigenvalue weighted by Gasteiger charge is -2.07. The summed E-state index contributed by atoms with van der Waals surface area (Å²) in [5.41, 5.74) is 0.871. The van der Waals surface area contributed by atoms with Crippen LogP contribution in [0.4, 0.5) is 5.69 Å². The van der Waals surface area contributed by atoms with E-state index in [1.165, 1.54) is 24.4 Å². The lowest BCUT2D eigenvalue weighted by atomic mass is 10.2. The zero-order valence-electron chi connectivity index (χ0n) is 18.6. The maximum atomic E-state index is 13.4. The molecule has 0 atom stereocenters. The first kappa shape index (κ1) is 23.2. The summed E-state index contributed by atoms with van der Waals surface area (Å²) in [5.74, 6) is 0.653. The van der Waals surface area contributed by atoms with Crippen molar-refractivity contribution < 1.29 is 14.1 Å². The van der Waals surface area contributed by atoms with E-state index in [2.05, 4.69) is 32.6 Å². The molecule has 10 heteroatoms. The van der Waals surface area contributed by atoms with E-state index < -0.39 is 10.5 Å². The molecule has 0 unspecified atom stereocenters. The van der Waals surface area contributed by atoms with Gasteiger partial charge in [-0.25, -0.2) is 4.98 Å². The summed E-state index contributed by atoms with van der Waals surface area (Å²) in [7, 11) is 0. The Labute approximate surface area is 212 Å². The predicted octanol–water partition coefficient (Wildman–Crippen LogP) is 5.93.